The molecule has 1 aromatic carbocycles. The Kier molecular flexibility index (Phi) is 4.58. The number of pyridine rings is 2. The normalized spacial score (nSPS) is 12.2. The zero-order chi connectivity index (χ0) is 19.7. The molecule has 0 aliphatic rings. The Morgan fingerprint density at radius 3 is 2.61 bits per heavy atom. The number of fused-ring (bicyclic) bond motifs is 1. The third-order valence-corrected chi connectivity index (χ3v) is 4.61. The van der Waals surface area contributed by atoms with Crippen molar-refractivity contribution in [1.82, 2.24) is 19.5 Å². The third kappa shape index (κ3) is 3.12. The lowest BCUT2D eigenvalue weighted by Crippen LogP contribution is -2.25. The lowest BCUT2D eigenvalue weighted by molar-refractivity contribution is 0.236. The van der Waals surface area contributed by atoms with Crippen LogP contribution in [0.25, 0.3) is 33.4 Å². The molecule has 1 atom stereocenters. The van der Waals surface area contributed by atoms with Crippen molar-refractivity contribution in [1.29, 1.82) is 0 Å². The number of aliphatic hydroxyl groups excluding tert-OH is 1. The van der Waals surface area contributed by atoms with Gasteiger partial charge in [0.05, 0.1) is 35.8 Å². The number of benzene rings is 1. The molecular weight excluding hydrogens is 356 g/mol. The molecular formula is C21H18N4O3. The average molecular weight is 374 g/mol. The van der Waals surface area contributed by atoms with Gasteiger partial charge in [-0.1, -0.05) is 0 Å². The molecule has 7 heteroatoms. The number of aliphatic hydroxyl groups is 1. The van der Waals surface area contributed by atoms with Crippen LogP contribution >= 0.6 is 0 Å². The van der Waals surface area contributed by atoms with Gasteiger partial charge in [0.2, 0.25) is 0 Å². The van der Waals surface area contributed by atoms with Crippen LogP contribution in [0.3, 0.4) is 0 Å². The largest absolute Gasteiger partial charge is 0.508 e. The zero-order valence-corrected chi connectivity index (χ0v) is 15.1. The van der Waals surface area contributed by atoms with Crippen molar-refractivity contribution >= 4 is 10.9 Å². The van der Waals surface area contributed by atoms with Crippen molar-refractivity contribution in [3.8, 4) is 28.3 Å². The predicted molar refractivity (Wildman–Crippen MR) is 106 cm³/mol. The maximum atomic E-state index is 13.1. The van der Waals surface area contributed by atoms with Gasteiger partial charge >= 0.3 is 0 Å². The number of rotatable bonds is 4. The molecule has 7 nitrogen and oxygen atoms in total. The summed E-state index contributed by atoms with van der Waals surface area (Å²) in [6.07, 6.45) is 4.78. The highest BCUT2D eigenvalue weighted by Crippen LogP contribution is 2.29. The Labute approximate surface area is 160 Å². The molecule has 0 bridgehead atoms. The first-order valence-electron chi connectivity index (χ1n) is 8.81. The fraction of sp³-hybridized carbons (Fsp3) is 0.143. The molecule has 0 fully saturated rings. The SMILES string of the molecule is C[C@@H](CO)n1cnc2c(-c3cccnc3)nc(-c3ccc(O)cc3)cc2c1=O. The summed E-state index contributed by atoms with van der Waals surface area (Å²) in [6, 6.07) is 11.6. The van der Waals surface area contributed by atoms with Crippen LogP contribution in [0.4, 0.5) is 0 Å². The second-order valence-electron chi connectivity index (χ2n) is 6.53. The van der Waals surface area contributed by atoms with Gasteiger partial charge in [-0.2, -0.15) is 0 Å². The predicted octanol–water partition coefficient (Wildman–Crippen LogP) is 2.78. The fourth-order valence-electron chi connectivity index (χ4n) is 3.03. The molecule has 0 radical (unpaired) electrons. The first-order chi connectivity index (χ1) is 13.6. The smallest absolute Gasteiger partial charge is 0.261 e. The summed E-state index contributed by atoms with van der Waals surface area (Å²) < 4.78 is 1.41. The molecule has 4 aromatic rings. The molecule has 3 aromatic heterocycles. The van der Waals surface area contributed by atoms with E-state index >= 15 is 0 Å². The molecule has 0 saturated carbocycles. The van der Waals surface area contributed by atoms with Crippen LogP contribution in [0.1, 0.15) is 13.0 Å². The molecule has 28 heavy (non-hydrogen) atoms. The van der Waals surface area contributed by atoms with Crippen LogP contribution in [0.2, 0.25) is 0 Å². The Balaban J connectivity index is 2.04. The topological polar surface area (TPSA) is 101 Å². The van der Waals surface area contributed by atoms with Gasteiger partial charge < -0.3 is 10.2 Å². The second kappa shape index (κ2) is 7.21. The molecule has 0 spiro atoms. The van der Waals surface area contributed by atoms with Gasteiger partial charge in [0.25, 0.3) is 5.56 Å². The van der Waals surface area contributed by atoms with E-state index in [-0.39, 0.29) is 17.9 Å². The molecule has 0 unspecified atom stereocenters. The van der Waals surface area contributed by atoms with Gasteiger partial charge in [0.1, 0.15) is 11.3 Å². The van der Waals surface area contributed by atoms with Crippen LogP contribution in [0.5, 0.6) is 5.75 Å². The summed E-state index contributed by atoms with van der Waals surface area (Å²) >= 11 is 0. The number of hydrogen-bond donors (Lipinski definition) is 2. The highest BCUT2D eigenvalue weighted by molar-refractivity contribution is 5.93. The van der Waals surface area contributed by atoms with E-state index in [1.807, 2.05) is 6.07 Å². The van der Waals surface area contributed by atoms with E-state index in [4.69, 9.17) is 4.98 Å². The van der Waals surface area contributed by atoms with E-state index in [1.165, 1.54) is 10.9 Å². The van der Waals surface area contributed by atoms with Crippen molar-refractivity contribution < 1.29 is 10.2 Å². The van der Waals surface area contributed by atoms with E-state index in [0.29, 0.717) is 22.3 Å². The van der Waals surface area contributed by atoms with Gasteiger partial charge in [-0.25, -0.2) is 9.97 Å². The number of phenolic OH excluding ortho intramolecular Hbond substituents is 1. The molecule has 140 valence electrons. The Bertz CT molecular complexity index is 1190. The van der Waals surface area contributed by atoms with Crippen LogP contribution in [0.15, 0.2) is 66.0 Å². The molecule has 0 aliphatic carbocycles. The first-order valence-corrected chi connectivity index (χ1v) is 8.81. The summed E-state index contributed by atoms with van der Waals surface area (Å²) in [5.74, 6) is 0.151. The van der Waals surface area contributed by atoms with Crippen LogP contribution in [0, 0.1) is 0 Å². The fourth-order valence-corrected chi connectivity index (χ4v) is 3.03. The monoisotopic (exact) mass is 374 g/mol. The quantitative estimate of drug-likeness (QED) is 0.570. The first kappa shape index (κ1) is 17.8. The molecule has 3 heterocycles. The zero-order valence-electron chi connectivity index (χ0n) is 15.1. The van der Waals surface area contributed by atoms with Crippen molar-refractivity contribution in [3.63, 3.8) is 0 Å². The Hall–Kier alpha value is -3.58. The average Bonchev–Trinajstić information content (AvgIpc) is 2.74. The van der Waals surface area contributed by atoms with E-state index in [0.717, 1.165) is 11.1 Å². The van der Waals surface area contributed by atoms with Gasteiger partial charge in [-0.15, -0.1) is 0 Å². The standard InChI is InChI=1S/C21H18N4O3/c1-13(11-26)25-12-23-20-17(21(25)28)9-18(14-4-6-16(27)7-5-14)24-19(20)15-3-2-8-22-10-15/h2-10,12-13,26-27H,11H2,1H3/t13-/m0/s1. The van der Waals surface area contributed by atoms with E-state index in [1.54, 1.807) is 55.7 Å². The van der Waals surface area contributed by atoms with Crippen molar-refractivity contribution in [2.24, 2.45) is 0 Å². The molecule has 0 aliphatic heterocycles. The Morgan fingerprint density at radius 2 is 1.93 bits per heavy atom. The van der Waals surface area contributed by atoms with Crippen LogP contribution in [-0.4, -0.2) is 36.3 Å². The van der Waals surface area contributed by atoms with Gasteiger partial charge in [-0.3, -0.25) is 14.3 Å². The number of hydrogen-bond acceptors (Lipinski definition) is 6. The van der Waals surface area contributed by atoms with Crippen molar-refractivity contribution in [3.05, 3.63) is 71.5 Å². The van der Waals surface area contributed by atoms with Crippen LogP contribution in [-0.2, 0) is 0 Å². The molecule has 2 N–H and O–H groups in total. The summed E-state index contributed by atoms with van der Waals surface area (Å²) in [5.41, 5.74) is 2.86. The lowest BCUT2D eigenvalue weighted by atomic mass is 10.1. The van der Waals surface area contributed by atoms with Gasteiger partial charge in [0.15, 0.2) is 0 Å². The van der Waals surface area contributed by atoms with Crippen molar-refractivity contribution in [2.45, 2.75) is 13.0 Å². The number of aromatic nitrogens is 4. The molecule has 4 rings (SSSR count). The lowest BCUT2D eigenvalue weighted by Gasteiger charge is -2.14. The highest BCUT2D eigenvalue weighted by atomic mass is 16.3. The minimum Gasteiger partial charge on any atom is -0.508 e. The maximum absolute atomic E-state index is 13.1. The number of aromatic hydroxyl groups is 1. The third-order valence-electron chi connectivity index (χ3n) is 4.61. The van der Waals surface area contributed by atoms with E-state index < -0.39 is 6.04 Å². The summed E-state index contributed by atoms with van der Waals surface area (Å²) in [7, 11) is 0. The van der Waals surface area contributed by atoms with Crippen LogP contribution < -0.4 is 5.56 Å². The second-order valence-corrected chi connectivity index (χ2v) is 6.53. The minimum atomic E-state index is -0.392. The van der Waals surface area contributed by atoms with Gasteiger partial charge in [-0.05, 0) is 49.4 Å². The van der Waals surface area contributed by atoms with Crippen molar-refractivity contribution in [2.75, 3.05) is 6.61 Å². The Morgan fingerprint density at radius 1 is 1.14 bits per heavy atom. The summed E-state index contributed by atoms with van der Waals surface area (Å²) in [5, 5.41) is 19.4. The highest BCUT2D eigenvalue weighted by Gasteiger charge is 2.16. The molecule has 0 saturated heterocycles. The summed E-state index contributed by atoms with van der Waals surface area (Å²) in [6.45, 7) is 1.58. The minimum absolute atomic E-state index is 0.151. The maximum Gasteiger partial charge on any atom is 0.261 e. The van der Waals surface area contributed by atoms with E-state index in [2.05, 4.69) is 9.97 Å². The van der Waals surface area contributed by atoms with Gasteiger partial charge in [0, 0.05) is 23.5 Å². The number of nitrogens with zero attached hydrogens (tertiary/aromatic N) is 4. The summed E-state index contributed by atoms with van der Waals surface area (Å²) in [4.78, 5) is 26.4. The van der Waals surface area contributed by atoms with E-state index in [9.17, 15) is 15.0 Å². The number of phenols is 1. The molecule has 0 amide bonds.